The Morgan fingerprint density at radius 1 is 1.00 bits per heavy atom. The number of hydrogen-bond donors (Lipinski definition) is 1. The van der Waals surface area contributed by atoms with Gasteiger partial charge in [0.2, 0.25) is 0 Å². The van der Waals surface area contributed by atoms with E-state index in [0.29, 0.717) is 24.8 Å². The molecule has 0 aromatic heterocycles. The summed E-state index contributed by atoms with van der Waals surface area (Å²) in [7, 11) is 0. The number of hydrogen-bond acceptors (Lipinski definition) is 3. The number of carboxylic acids is 1. The van der Waals surface area contributed by atoms with Crippen LogP contribution in [0.3, 0.4) is 0 Å². The van der Waals surface area contributed by atoms with Crippen LogP contribution in [0.5, 0.6) is 0 Å². The number of aliphatic carboxylic acids is 1. The zero-order valence-electron chi connectivity index (χ0n) is 11.1. The van der Waals surface area contributed by atoms with E-state index in [1.165, 1.54) is 19.3 Å². The minimum Gasteiger partial charge on any atom is -0.479 e. The molecule has 1 N–H and O–H groups in total. The molecule has 0 aromatic rings. The average molecular weight is 267 g/mol. The third kappa shape index (κ3) is 2.36. The smallest absolute Gasteiger partial charge is 0.332 e. The first-order valence-corrected chi connectivity index (χ1v) is 7.35. The van der Waals surface area contributed by atoms with Gasteiger partial charge in [0.05, 0.1) is 0 Å². The third-order valence-electron chi connectivity index (χ3n) is 4.85. The maximum absolute atomic E-state index is 12.5. The van der Waals surface area contributed by atoms with Crippen molar-refractivity contribution >= 4 is 11.9 Å². The molecule has 2 aliphatic heterocycles. The molecule has 3 aliphatic rings. The fraction of sp³-hybridized carbons (Fsp3) is 0.857. The molecule has 2 saturated heterocycles. The van der Waals surface area contributed by atoms with Crippen molar-refractivity contribution in [3.05, 3.63) is 0 Å². The van der Waals surface area contributed by atoms with E-state index in [4.69, 9.17) is 9.84 Å². The molecule has 0 aromatic carbocycles. The van der Waals surface area contributed by atoms with Crippen molar-refractivity contribution in [3.8, 4) is 0 Å². The molecule has 3 fully saturated rings. The van der Waals surface area contributed by atoms with Gasteiger partial charge in [0.25, 0.3) is 5.91 Å². The SMILES string of the molecule is O=C(O)[C@H]1CC[C@@H](C(=O)N2CCCC3CCCC32)O1. The van der Waals surface area contributed by atoms with Crippen molar-refractivity contribution in [2.45, 2.75) is 63.2 Å². The Balaban J connectivity index is 1.65. The first kappa shape index (κ1) is 12.9. The van der Waals surface area contributed by atoms with Gasteiger partial charge in [-0.2, -0.15) is 0 Å². The van der Waals surface area contributed by atoms with Crippen LogP contribution in [0, 0.1) is 5.92 Å². The van der Waals surface area contributed by atoms with Gasteiger partial charge in [0.15, 0.2) is 6.10 Å². The van der Waals surface area contributed by atoms with Crippen LogP contribution in [-0.4, -0.2) is 46.7 Å². The number of piperidine rings is 1. The molecule has 106 valence electrons. The number of amides is 1. The quantitative estimate of drug-likeness (QED) is 0.821. The second-order valence-electron chi connectivity index (χ2n) is 5.96. The highest BCUT2D eigenvalue weighted by atomic mass is 16.5. The lowest BCUT2D eigenvalue weighted by atomic mass is 9.91. The van der Waals surface area contributed by atoms with E-state index in [9.17, 15) is 9.59 Å². The lowest BCUT2D eigenvalue weighted by molar-refractivity contribution is -0.156. The van der Waals surface area contributed by atoms with Gasteiger partial charge < -0.3 is 14.7 Å². The molecule has 0 spiro atoms. The highest BCUT2D eigenvalue weighted by Crippen LogP contribution is 2.37. The van der Waals surface area contributed by atoms with Crippen LogP contribution in [0.15, 0.2) is 0 Å². The molecule has 5 nitrogen and oxygen atoms in total. The summed E-state index contributed by atoms with van der Waals surface area (Å²) in [5.41, 5.74) is 0. The Morgan fingerprint density at radius 3 is 2.47 bits per heavy atom. The standard InChI is InChI=1S/C14H21NO4/c16-13(11-6-7-12(19-11)14(17)18)15-8-2-4-9-3-1-5-10(9)15/h9-12H,1-8H2,(H,17,18)/t9?,10?,11-,12+/m0/s1. The highest BCUT2D eigenvalue weighted by molar-refractivity contribution is 5.83. The minimum atomic E-state index is -0.951. The Kier molecular flexibility index (Phi) is 3.48. The van der Waals surface area contributed by atoms with Crippen LogP contribution in [0.4, 0.5) is 0 Å². The lowest BCUT2D eigenvalue weighted by Gasteiger charge is -2.39. The summed E-state index contributed by atoms with van der Waals surface area (Å²) in [6.45, 7) is 0.817. The normalized spacial score (nSPS) is 38.2. The molecule has 0 bridgehead atoms. The van der Waals surface area contributed by atoms with E-state index in [0.717, 1.165) is 19.4 Å². The molecule has 0 radical (unpaired) electrons. The maximum Gasteiger partial charge on any atom is 0.332 e. The number of carboxylic acid groups (broad SMARTS) is 1. The Morgan fingerprint density at radius 2 is 1.74 bits per heavy atom. The van der Waals surface area contributed by atoms with Crippen molar-refractivity contribution in [2.75, 3.05) is 6.54 Å². The zero-order valence-corrected chi connectivity index (χ0v) is 11.1. The van der Waals surface area contributed by atoms with Crippen LogP contribution in [0.1, 0.15) is 44.9 Å². The number of fused-ring (bicyclic) bond motifs is 1. The summed E-state index contributed by atoms with van der Waals surface area (Å²) < 4.78 is 5.40. The van der Waals surface area contributed by atoms with E-state index in [-0.39, 0.29) is 5.91 Å². The number of rotatable bonds is 2. The summed E-state index contributed by atoms with van der Waals surface area (Å²) in [6.07, 6.45) is 5.53. The summed E-state index contributed by atoms with van der Waals surface area (Å²) in [4.78, 5) is 25.4. The topological polar surface area (TPSA) is 66.8 Å². The largest absolute Gasteiger partial charge is 0.479 e. The summed E-state index contributed by atoms with van der Waals surface area (Å²) in [6, 6.07) is 0.383. The Labute approximate surface area is 112 Å². The monoisotopic (exact) mass is 267 g/mol. The lowest BCUT2D eigenvalue weighted by Crippen LogP contribution is -2.50. The molecule has 2 unspecified atom stereocenters. The van der Waals surface area contributed by atoms with Gasteiger partial charge in [0.1, 0.15) is 6.10 Å². The predicted molar refractivity (Wildman–Crippen MR) is 67.6 cm³/mol. The predicted octanol–water partition coefficient (Wildman–Crippen LogP) is 1.41. The molecule has 1 aliphatic carbocycles. The zero-order chi connectivity index (χ0) is 13.4. The van der Waals surface area contributed by atoms with Gasteiger partial charge in [0, 0.05) is 12.6 Å². The summed E-state index contributed by atoms with van der Waals surface area (Å²) in [5, 5.41) is 8.92. The van der Waals surface area contributed by atoms with Gasteiger partial charge in [-0.1, -0.05) is 6.42 Å². The van der Waals surface area contributed by atoms with Crippen LogP contribution < -0.4 is 0 Å². The van der Waals surface area contributed by atoms with E-state index < -0.39 is 18.2 Å². The number of ether oxygens (including phenoxy) is 1. The van der Waals surface area contributed by atoms with Crippen molar-refractivity contribution in [1.29, 1.82) is 0 Å². The van der Waals surface area contributed by atoms with Crippen LogP contribution in [-0.2, 0) is 14.3 Å². The van der Waals surface area contributed by atoms with Gasteiger partial charge in [-0.3, -0.25) is 4.79 Å². The number of likely N-dealkylation sites (tertiary alicyclic amines) is 1. The van der Waals surface area contributed by atoms with Crippen LogP contribution in [0.2, 0.25) is 0 Å². The number of carbonyl (C=O) groups is 2. The van der Waals surface area contributed by atoms with Gasteiger partial charge in [-0.15, -0.1) is 0 Å². The molecule has 2 heterocycles. The molecule has 4 atom stereocenters. The third-order valence-corrected chi connectivity index (χ3v) is 4.85. The van der Waals surface area contributed by atoms with Gasteiger partial charge in [-0.05, 0) is 44.4 Å². The van der Waals surface area contributed by atoms with Crippen LogP contribution >= 0.6 is 0 Å². The first-order valence-electron chi connectivity index (χ1n) is 7.35. The fourth-order valence-corrected chi connectivity index (χ4v) is 3.91. The van der Waals surface area contributed by atoms with Gasteiger partial charge in [-0.25, -0.2) is 4.79 Å². The summed E-state index contributed by atoms with van der Waals surface area (Å²) >= 11 is 0. The first-order chi connectivity index (χ1) is 9.16. The second kappa shape index (κ2) is 5.12. The number of carbonyl (C=O) groups excluding carboxylic acids is 1. The Bertz CT molecular complexity index is 384. The van der Waals surface area contributed by atoms with E-state index in [2.05, 4.69) is 0 Å². The molecule has 19 heavy (non-hydrogen) atoms. The maximum atomic E-state index is 12.5. The molecule has 1 saturated carbocycles. The molecule has 1 amide bonds. The molecular weight excluding hydrogens is 246 g/mol. The average Bonchev–Trinajstić information content (AvgIpc) is 3.06. The van der Waals surface area contributed by atoms with Crippen molar-refractivity contribution in [3.63, 3.8) is 0 Å². The minimum absolute atomic E-state index is 0.0281. The van der Waals surface area contributed by atoms with E-state index in [1.807, 2.05) is 4.90 Å². The molecule has 3 rings (SSSR count). The number of nitrogens with zero attached hydrogens (tertiary/aromatic N) is 1. The van der Waals surface area contributed by atoms with Gasteiger partial charge >= 0.3 is 5.97 Å². The second-order valence-corrected chi connectivity index (χ2v) is 5.96. The Hall–Kier alpha value is -1.10. The fourth-order valence-electron chi connectivity index (χ4n) is 3.91. The summed E-state index contributed by atoms with van der Waals surface area (Å²) in [5.74, 6) is -0.262. The molecular formula is C14H21NO4. The highest BCUT2D eigenvalue weighted by Gasteiger charge is 2.42. The van der Waals surface area contributed by atoms with Crippen molar-refractivity contribution in [2.24, 2.45) is 5.92 Å². The van der Waals surface area contributed by atoms with E-state index in [1.54, 1.807) is 0 Å². The van der Waals surface area contributed by atoms with Crippen molar-refractivity contribution < 1.29 is 19.4 Å². The van der Waals surface area contributed by atoms with Crippen molar-refractivity contribution in [1.82, 2.24) is 4.90 Å². The van der Waals surface area contributed by atoms with E-state index >= 15 is 0 Å². The molecule has 5 heteroatoms. The van der Waals surface area contributed by atoms with Crippen LogP contribution in [0.25, 0.3) is 0 Å².